The molecule has 0 aliphatic heterocycles. The highest BCUT2D eigenvalue weighted by atomic mass is 32.2. The molecule has 0 heterocycles. The average molecular weight is 417 g/mol. The van der Waals surface area contributed by atoms with Crippen LogP contribution in [0.5, 0.6) is 0 Å². The summed E-state index contributed by atoms with van der Waals surface area (Å²) in [6, 6.07) is 18.8. The fraction of sp³-hybridized carbons (Fsp3) is 0.391. The number of hydrogen-bond acceptors (Lipinski definition) is 4. The van der Waals surface area contributed by atoms with Crippen LogP contribution in [-0.2, 0) is 16.0 Å². The van der Waals surface area contributed by atoms with Crippen LogP contribution in [0.4, 0.5) is 0 Å². The molecule has 156 valence electrons. The van der Waals surface area contributed by atoms with Crippen molar-refractivity contribution in [1.29, 1.82) is 0 Å². The number of carboxylic acids is 2. The Morgan fingerprint density at radius 1 is 0.862 bits per heavy atom. The number of hydrogen-bond donors (Lipinski definition) is 3. The predicted octanol–water partition coefficient (Wildman–Crippen LogP) is 4.48. The van der Waals surface area contributed by atoms with Gasteiger partial charge in [-0.05, 0) is 41.7 Å². The lowest BCUT2D eigenvalue weighted by Gasteiger charge is -2.20. The number of carbonyl (C=O) groups is 2. The summed E-state index contributed by atoms with van der Waals surface area (Å²) in [7, 11) is 0. The van der Waals surface area contributed by atoms with Crippen LogP contribution < -0.4 is 0 Å². The number of carboxylic acid groups (broad SMARTS) is 2. The van der Waals surface area contributed by atoms with Gasteiger partial charge in [0.25, 0.3) is 0 Å². The largest absolute Gasteiger partial charge is 0.481 e. The second-order valence-corrected chi connectivity index (χ2v) is 8.25. The molecular weight excluding hydrogens is 388 g/mol. The molecule has 0 aliphatic carbocycles. The van der Waals surface area contributed by atoms with Crippen LogP contribution in [0.3, 0.4) is 0 Å². The van der Waals surface area contributed by atoms with E-state index in [2.05, 4.69) is 36.4 Å². The Morgan fingerprint density at radius 3 is 2.21 bits per heavy atom. The monoisotopic (exact) mass is 416 g/mol. The van der Waals surface area contributed by atoms with Gasteiger partial charge in [-0.2, -0.15) is 11.8 Å². The van der Waals surface area contributed by atoms with Gasteiger partial charge in [0, 0.05) is 5.75 Å². The molecule has 0 aliphatic rings. The van der Waals surface area contributed by atoms with Crippen molar-refractivity contribution in [3.05, 3.63) is 60.2 Å². The van der Waals surface area contributed by atoms with Gasteiger partial charge in [0.15, 0.2) is 5.60 Å². The lowest BCUT2D eigenvalue weighted by molar-refractivity contribution is -0.162. The van der Waals surface area contributed by atoms with Gasteiger partial charge < -0.3 is 15.3 Å². The van der Waals surface area contributed by atoms with Gasteiger partial charge in [0.1, 0.15) is 0 Å². The highest BCUT2D eigenvalue weighted by Gasteiger charge is 2.38. The van der Waals surface area contributed by atoms with Crippen molar-refractivity contribution >= 4 is 23.7 Å². The molecule has 0 amide bonds. The Hall–Kier alpha value is -2.31. The number of aryl methyl sites for hydroxylation is 1. The van der Waals surface area contributed by atoms with Gasteiger partial charge in [0.05, 0.1) is 6.42 Å². The van der Waals surface area contributed by atoms with Gasteiger partial charge in [0.2, 0.25) is 0 Å². The quantitative estimate of drug-likeness (QED) is 0.417. The van der Waals surface area contributed by atoms with E-state index in [0.717, 1.165) is 32.1 Å². The molecule has 5 nitrogen and oxygen atoms in total. The first-order valence-corrected chi connectivity index (χ1v) is 11.0. The van der Waals surface area contributed by atoms with E-state index in [-0.39, 0.29) is 5.75 Å². The molecule has 2 aromatic carbocycles. The highest BCUT2D eigenvalue weighted by molar-refractivity contribution is 7.99. The molecule has 0 spiro atoms. The molecule has 0 unspecified atom stereocenters. The molecule has 3 N–H and O–H groups in total. The third-order valence-corrected chi connectivity index (χ3v) is 6.03. The van der Waals surface area contributed by atoms with Gasteiger partial charge in [-0.3, -0.25) is 4.79 Å². The molecule has 6 heteroatoms. The van der Waals surface area contributed by atoms with Crippen molar-refractivity contribution in [2.45, 2.75) is 44.1 Å². The Labute approximate surface area is 175 Å². The summed E-state index contributed by atoms with van der Waals surface area (Å²) in [5.74, 6) is -2.20. The average Bonchev–Trinajstić information content (AvgIpc) is 2.70. The fourth-order valence-corrected chi connectivity index (χ4v) is 4.31. The minimum Gasteiger partial charge on any atom is -0.481 e. The maximum atomic E-state index is 11.1. The minimum absolute atomic E-state index is 0.112. The van der Waals surface area contributed by atoms with Crippen molar-refractivity contribution in [2.24, 2.45) is 0 Å². The van der Waals surface area contributed by atoms with Gasteiger partial charge in [-0.15, -0.1) is 0 Å². The number of benzene rings is 2. The summed E-state index contributed by atoms with van der Waals surface area (Å²) in [6.45, 7) is 0. The van der Waals surface area contributed by atoms with Gasteiger partial charge in [-0.25, -0.2) is 4.79 Å². The van der Waals surface area contributed by atoms with E-state index in [1.807, 2.05) is 18.2 Å². The van der Waals surface area contributed by atoms with Crippen molar-refractivity contribution < 1.29 is 24.9 Å². The number of unbranched alkanes of at least 4 members (excludes halogenated alkanes) is 3. The van der Waals surface area contributed by atoms with Crippen LogP contribution in [-0.4, -0.2) is 44.4 Å². The lowest BCUT2D eigenvalue weighted by Crippen LogP contribution is -2.43. The maximum absolute atomic E-state index is 11.1. The third-order valence-electron chi connectivity index (χ3n) is 4.77. The zero-order valence-corrected chi connectivity index (χ0v) is 17.2. The van der Waals surface area contributed by atoms with Crippen LogP contribution >= 0.6 is 11.8 Å². The first-order valence-electron chi connectivity index (χ1n) is 9.81. The molecule has 0 saturated carbocycles. The van der Waals surface area contributed by atoms with Gasteiger partial charge in [-0.1, -0.05) is 67.4 Å². The van der Waals surface area contributed by atoms with Gasteiger partial charge >= 0.3 is 11.9 Å². The van der Waals surface area contributed by atoms with Crippen molar-refractivity contribution in [3.63, 3.8) is 0 Å². The lowest BCUT2D eigenvalue weighted by atomic mass is 9.96. The van der Waals surface area contributed by atoms with E-state index in [1.54, 1.807) is 0 Å². The zero-order valence-electron chi connectivity index (χ0n) is 16.4. The number of aliphatic hydroxyl groups is 1. The molecule has 1 atom stereocenters. The smallest absolute Gasteiger partial charge is 0.337 e. The normalized spacial score (nSPS) is 13.0. The topological polar surface area (TPSA) is 94.8 Å². The molecule has 0 aromatic heterocycles. The van der Waals surface area contributed by atoms with Crippen molar-refractivity contribution in [1.82, 2.24) is 0 Å². The van der Waals surface area contributed by atoms with E-state index in [4.69, 9.17) is 10.2 Å². The summed E-state index contributed by atoms with van der Waals surface area (Å²) in [4.78, 5) is 21.8. The summed E-state index contributed by atoms with van der Waals surface area (Å²) in [5.41, 5.74) is 1.65. The summed E-state index contributed by atoms with van der Waals surface area (Å²) >= 11 is 1.29. The molecule has 0 radical (unpaired) electrons. The molecule has 29 heavy (non-hydrogen) atoms. The fourth-order valence-electron chi connectivity index (χ4n) is 3.19. The summed E-state index contributed by atoms with van der Waals surface area (Å²) < 4.78 is 0. The number of aliphatic carboxylic acids is 2. The van der Waals surface area contributed by atoms with E-state index in [1.165, 1.54) is 28.5 Å². The van der Waals surface area contributed by atoms with Crippen LogP contribution in [0.1, 0.15) is 37.7 Å². The zero-order chi connectivity index (χ0) is 21.1. The minimum atomic E-state index is -2.20. The third kappa shape index (κ3) is 7.55. The molecule has 0 bridgehead atoms. The Bertz CT molecular complexity index is 793. The Kier molecular flexibility index (Phi) is 9.22. The number of thioether (sulfide) groups is 1. The molecule has 0 saturated heterocycles. The SMILES string of the molecule is O=C(O)C[C@](O)(CSCCCCCCc1ccccc1-c1ccccc1)C(=O)O. The van der Waals surface area contributed by atoms with E-state index >= 15 is 0 Å². The van der Waals surface area contributed by atoms with Crippen LogP contribution in [0, 0.1) is 0 Å². The second-order valence-electron chi connectivity index (χ2n) is 7.15. The molecule has 2 aromatic rings. The van der Waals surface area contributed by atoms with Crippen LogP contribution in [0.25, 0.3) is 11.1 Å². The van der Waals surface area contributed by atoms with Crippen LogP contribution in [0.15, 0.2) is 54.6 Å². The maximum Gasteiger partial charge on any atom is 0.337 e. The van der Waals surface area contributed by atoms with Crippen molar-refractivity contribution in [3.8, 4) is 11.1 Å². The van der Waals surface area contributed by atoms with E-state index < -0.39 is 24.0 Å². The molecule has 2 rings (SSSR count). The summed E-state index contributed by atoms with van der Waals surface area (Å²) in [5, 5.41) is 27.7. The standard InChI is InChI=1S/C23H28O5S/c24-21(25)16-23(28,22(26)27)17-29-15-9-2-1-4-10-19-13-7-8-14-20(19)18-11-5-3-6-12-18/h3,5-8,11-14,28H,1-2,4,9-10,15-17H2,(H,24,25)(H,26,27)/t23-/m0/s1. The highest BCUT2D eigenvalue weighted by Crippen LogP contribution is 2.25. The van der Waals surface area contributed by atoms with Crippen LogP contribution in [0.2, 0.25) is 0 Å². The Balaban J connectivity index is 1.68. The molecule has 0 fully saturated rings. The van der Waals surface area contributed by atoms with E-state index in [9.17, 15) is 14.7 Å². The number of rotatable bonds is 13. The molecular formula is C23H28O5S. The Morgan fingerprint density at radius 2 is 1.52 bits per heavy atom. The van der Waals surface area contributed by atoms with E-state index in [0.29, 0.717) is 5.75 Å². The first-order chi connectivity index (χ1) is 13.9. The first kappa shape index (κ1) is 23.0. The second kappa shape index (κ2) is 11.6. The van der Waals surface area contributed by atoms with Crippen molar-refractivity contribution in [2.75, 3.05) is 11.5 Å². The summed E-state index contributed by atoms with van der Waals surface area (Å²) in [6.07, 6.45) is 4.30. The predicted molar refractivity (Wildman–Crippen MR) is 116 cm³/mol.